The van der Waals surface area contributed by atoms with E-state index in [1.54, 1.807) is 0 Å². The molecule has 0 atom stereocenters. The number of halogens is 1. The van der Waals surface area contributed by atoms with Gasteiger partial charge in [0.05, 0.1) is 6.61 Å². The lowest BCUT2D eigenvalue weighted by atomic mass is 10.1. The minimum absolute atomic E-state index is 0.653. The van der Waals surface area contributed by atoms with Gasteiger partial charge in [-0.05, 0) is 48.4 Å². The minimum Gasteiger partial charge on any atom is -0.494 e. The Labute approximate surface area is 112 Å². The Morgan fingerprint density at radius 3 is 2.44 bits per heavy atom. The molecule has 0 saturated heterocycles. The van der Waals surface area contributed by atoms with Crippen LogP contribution in [0.2, 0.25) is 5.02 Å². The highest BCUT2D eigenvalue weighted by molar-refractivity contribution is 6.30. The molecule has 2 aromatic rings. The van der Waals surface area contributed by atoms with E-state index in [4.69, 9.17) is 22.1 Å². The number of hydrogen-bond donors (Lipinski definition) is 1. The van der Waals surface area contributed by atoms with E-state index < -0.39 is 0 Å². The molecule has 0 aliphatic carbocycles. The number of benzene rings is 2. The SMILES string of the molecule is NCCCOc1ccc(-c2cccc(Cl)c2)cc1. The van der Waals surface area contributed by atoms with Crippen molar-refractivity contribution in [2.75, 3.05) is 13.2 Å². The summed E-state index contributed by atoms with van der Waals surface area (Å²) in [6, 6.07) is 15.8. The van der Waals surface area contributed by atoms with Crippen molar-refractivity contribution in [3.63, 3.8) is 0 Å². The first-order chi connectivity index (χ1) is 8.79. The summed E-state index contributed by atoms with van der Waals surface area (Å²) in [5.41, 5.74) is 7.65. The fourth-order valence-electron chi connectivity index (χ4n) is 1.69. The minimum atomic E-state index is 0.653. The highest BCUT2D eigenvalue weighted by Gasteiger charge is 1.99. The molecule has 0 aliphatic heterocycles. The molecule has 94 valence electrons. The standard InChI is InChI=1S/C15H16ClNO/c16-14-4-1-3-13(11-14)12-5-7-15(8-6-12)18-10-2-9-17/h1,3-8,11H,2,9-10,17H2. The second-order valence-electron chi connectivity index (χ2n) is 4.03. The topological polar surface area (TPSA) is 35.2 Å². The predicted octanol–water partition coefficient (Wildman–Crippen LogP) is 3.73. The Hall–Kier alpha value is -1.51. The van der Waals surface area contributed by atoms with Crippen LogP contribution >= 0.6 is 11.6 Å². The highest BCUT2D eigenvalue weighted by atomic mass is 35.5. The third kappa shape index (κ3) is 3.49. The summed E-state index contributed by atoms with van der Waals surface area (Å²) in [4.78, 5) is 0. The van der Waals surface area contributed by atoms with Crippen molar-refractivity contribution in [3.8, 4) is 16.9 Å². The molecular formula is C15H16ClNO. The van der Waals surface area contributed by atoms with E-state index in [0.717, 1.165) is 28.3 Å². The zero-order valence-electron chi connectivity index (χ0n) is 10.1. The first kappa shape index (κ1) is 12.9. The molecule has 2 rings (SSSR count). The fourth-order valence-corrected chi connectivity index (χ4v) is 1.88. The highest BCUT2D eigenvalue weighted by Crippen LogP contribution is 2.24. The van der Waals surface area contributed by atoms with Crippen molar-refractivity contribution in [2.24, 2.45) is 5.73 Å². The maximum absolute atomic E-state index is 5.97. The van der Waals surface area contributed by atoms with Crippen molar-refractivity contribution in [1.29, 1.82) is 0 Å². The molecule has 0 heterocycles. The lowest BCUT2D eigenvalue weighted by molar-refractivity contribution is 0.313. The van der Waals surface area contributed by atoms with Crippen LogP contribution in [0.1, 0.15) is 6.42 Å². The number of rotatable bonds is 5. The van der Waals surface area contributed by atoms with E-state index in [9.17, 15) is 0 Å². The van der Waals surface area contributed by atoms with Gasteiger partial charge < -0.3 is 10.5 Å². The zero-order valence-corrected chi connectivity index (χ0v) is 10.9. The smallest absolute Gasteiger partial charge is 0.119 e. The van der Waals surface area contributed by atoms with E-state index in [2.05, 4.69) is 0 Å². The Morgan fingerprint density at radius 1 is 1.00 bits per heavy atom. The van der Waals surface area contributed by atoms with E-state index in [1.807, 2.05) is 48.5 Å². The van der Waals surface area contributed by atoms with E-state index in [0.29, 0.717) is 13.2 Å². The summed E-state index contributed by atoms with van der Waals surface area (Å²) in [6.07, 6.45) is 0.871. The van der Waals surface area contributed by atoms with Crippen LogP contribution in [0.25, 0.3) is 11.1 Å². The summed E-state index contributed by atoms with van der Waals surface area (Å²) in [7, 11) is 0. The van der Waals surface area contributed by atoms with Crippen LogP contribution in [0.15, 0.2) is 48.5 Å². The summed E-state index contributed by atoms with van der Waals surface area (Å²) >= 11 is 5.97. The van der Waals surface area contributed by atoms with Gasteiger partial charge in [0, 0.05) is 5.02 Å². The van der Waals surface area contributed by atoms with Gasteiger partial charge in [-0.2, -0.15) is 0 Å². The van der Waals surface area contributed by atoms with Crippen molar-refractivity contribution in [2.45, 2.75) is 6.42 Å². The summed E-state index contributed by atoms with van der Waals surface area (Å²) in [5, 5.41) is 0.746. The molecule has 0 aromatic heterocycles. The maximum atomic E-state index is 5.97. The first-order valence-electron chi connectivity index (χ1n) is 5.98. The third-order valence-corrected chi connectivity index (χ3v) is 2.86. The van der Waals surface area contributed by atoms with Gasteiger partial charge in [0.15, 0.2) is 0 Å². The average Bonchev–Trinajstić information content (AvgIpc) is 2.40. The Balaban J connectivity index is 2.07. The van der Waals surface area contributed by atoms with Gasteiger partial charge in [-0.15, -0.1) is 0 Å². The molecular weight excluding hydrogens is 246 g/mol. The zero-order chi connectivity index (χ0) is 12.8. The van der Waals surface area contributed by atoms with Gasteiger partial charge in [-0.25, -0.2) is 0 Å². The summed E-state index contributed by atoms with van der Waals surface area (Å²) < 4.78 is 5.55. The average molecular weight is 262 g/mol. The Bertz CT molecular complexity index is 496. The van der Waals surface area contributed by atoms with Gasteiger partial charge in [-0.3, -0.25) is 0 Å². The van der Waals surface area contributed by atoms with Gasteiger partial charge in [0.2, 0.25) is 0 Å². The predicted molar refractivity (Wildman–Crippen MR) is 76.1 cm³/mol. The van der Waals surface area contributed by atoms with Crippen LogP contribution in [-0.4, -0.2) is 13.2 Å². The molecule has 0 amide bonds. The molecule has 0 bridgehead atoms. The van der Waals surface area contributed by atoms with Gasteiger partial charge in [0.25, 0.3) is 0 Å². The van der Waals surface area contributed by atoms with Crippen LogP contribution in [0, 0.1) is 0 Å². The van der Waals surface area contributed by atoms with Gasteiger partial charge >= 0.3 is 0 Å². The van der Waals surface area contributed by atoms with Crippen LogP contribution in [-0.2, 0) is 0 Å². The molecule has 2 aromatic carbocycles. The number of nitrogens with two attached hydrogens (primary N) is 1. The molecule has 0 radical (unpaired) electrons. The van der Waals surface area contributed by atoms with Crippen LogP contribution in [0.4, 0.5) is 0 Å². The van der Waals surface area contributed by atoms with E-state index in [-0.39, 0.29) is 0 Å². The summed E-state index contributed by atoms with van der Waals surface area (Å²) in [6.45, 7) is 1.31. The lowest BCUT2D eigenvalue weighted by Crippen LogP contribution is -2.05. The first-order valence-corrected chi connectivity index (χ1v) is 6.36. The lowest BCUT2D eigenvalue weighted by Gasteiger charge is -2.07. The quantitative estimate of drug-likeness (QED) is 0.833. The van der Waals surface area contributed by atoms with Crippen molar-refractivity contribution in [1.82, 2.24) is 0 Å². The molecule has 0 fully saturated rings. The second kappa shape index (κ2) is 6.43. The number of hydrogen-bond acceptors (Lipinski definition) is 2. The van der Waals surface area contributed by atoms with Crippen LogP contribution in [0.3, 0.4) is 0 Å². The largest absolute Gasteiger partial charge is 0.494 e. The van der Waals surface area contributed by atoms with Crippen LogP contribution < -0.4 is 10.5 Å². The van der Waals surface area contributed by atoms with Crippen molar-refractivity contribution in [3.05, 3.63) is 53.6 Å². The van der Waals surface area contributed by atoms with Crippen molar-refractivity contribution < 1.29 is 4.74 Å². The van der Waals surface area contributed by atoms with E-state index in [1.165, 1.54) is 0 Å². The molecule has 2 nitrogen and oxygen atoms in total. The summed E-state index contributed by atoms with van der Waals surface area (Å²) in [5.74, 6) is 0.870. The van der Waals surface area contributed by atoms with Crippen molar-refractivity contribution >= 4 is 11.6 Å². The second-order valence-corrected chi connectivity index (χ2v) is 4.46. The third-order valence-electron chi connectivity index (χ3n) is 2.63. The molecule has 0 spiro atoms. The van der Waals surface area contributed by atoms with Gasteiger partial charge in [-0.1, -0.05) is 35.9 Å². The Kier molecular flexibility index (Phi) is 4.62. The van der Waals surface area contributed by atoms with Gasteiger partial charge in [0.1, 0.15) is 5.75 Å². The molecule has 0 unspecified atom stereocenters. The van der Waals surface area contributed by atoms with Crippen LogP contribution in [0.5, 0.6) is 5.75 Å². The molecule has 3 heteroatoms. The molecule has 0 aliphatic rings. The Morgan fingerprint density at radius 2 is 1.78 bits per heavy atom. The monoisotopic (exact) mass is 261 g/mol. The number of ether oxygens (including phenoxy) is 1. The normalized spacial score (nSPS) is 10.3. The fraction of sp³-hybridized carbons (Fsp3) is 0.200. The molecule has 18 heavy (non-hydrogen) atoms. The van der Waals surface area contributed by atoms with E-state index >= 15 is 0 Å². The molecule has 0 saturated carbocycles. The maximum Gasteiger partial charge on any atom is 0.119 e. The molecule has 2 N–H and O–H groups in total.